The van der Waals surface area contributed by atoms with Crippen LogP contribution < -0.4 is 5.32 Å². The van der Waals surface area contributed by atoms with Crippen molar-refractivity contribution in [3.63, 3.8) is 0 Å². The van der Waals surface area contributed by atoms with E-state index in [0.717, 1.165) is 11.3 Å². The molecule has 7 nitrogen and oxygen atoms in total. The molecule has 22 heavy (non-hydrogen) atoms. The first-order valence-electron chi connectivity index (χ1n) is 6.66. The first kappa shape index (κ1) is 15.6. The number of aromatic nitrogens is 2. The van der Waals surface area contributed by atoms with E-state index in [-0.39, 0.29) is 17.3 Å². The summed E-state index contributed by atoms with van der Waals surface area (Å²) in [5.41, 5.74) is 1.02. The number of carbonyl (C=O) groups is 1. The van der Waals surface area contributed by atoms with Gasteiger partial charge in [-0.15, -0.1) is 0 Å². The number of rotatable bonds is 4. The van der Waals surface area contributed by atoms with Crippen molar-refractivity contribution < 1.29 is 9.72 Å². The van der Waals surface area contributed by atoms with Gasteiger partial charge in [-0.2, -0.15) is 0 Å². The van der Waals surface area contributed by atoms with Gasteiger partial charge in [-0.3, -0.25) is 19.9 Å². The molecule has 0 aliphatic carbocycles. The van der Waals surface area contributed by atoms with E-state index in [9.17, 15) is 14.9 Å². The van der Waals surface area contributed by atoms with Crippen LogP contribution in [0.3, 0.4) is 0 Å². The van der Waals surface area contributed by atoms with Crippen molar-refractivity contribution in [2.75, 3.05) is 0 Å². The molecule has 0 fully saturated rings. The van der Waals surface area contributed by atoms with Crippen LogP contribution in [0.1, 0.15) is 35.6 Å². The molecule has 0 aliphatic heterocycles. The predicted octanol–water partition coefficient (Wildman–Crippen LogP) is 2.36. The molecule has 1 heterocycles. The maximum absolute atomic E-state index is 12.2. The van der Waals surface area contributed by atoms with Crippen LogP contribution in [0.25, 0.3) is 0 Å². The van der Waals surface area contributed by atoms with Gasteiger partial charge in [0.15, 0.2) is 0 Å². The van der Waals surface area contributed by atoms with E-state index in [1.165, 1.54) is 24.5 Å². The fourth-order valence-electron chi connectivity index (χ4n) is 1.93. The van der Waals surface area contributed by atoms with E-state index in [1.54, 1.807) is 19.1 Å². The Labute approximate surface area is 127 Å². The Hall–Kier alpha value is -2.83. The van der Waals surface area contributed by atoms with Gasteiger partial charge in [-0.25, -0.2) is 4.98 Å². The molecular weight excluding hydrogens is 284 g/mol. The first-order chi connectivity index (χ1) is 10.3. The third kappa shape index (κ3) is 3.43. The normalized spacial score (nSPS) is 11.0. The molecule has 0 unspecified atom stereocenters. The number of non-ortho nitro benzene ring substituents is 1. The van der Waals surface area contributed by atoms with Gasteiger partial charge in [0.2, 0.25) is 0 Å². The molecule has 0 radical (unpaired) electrons. The summed E-state index contributed by atoms with van der Waals surface area (Å²) in [6.45, 7) is 5.41. The quantitative estimate of drug-likeness (QED) is 0.690. The zero-order valence-corrected chi connectivity index (χ0v) is 12.5. The fourth-order valence-corrected chi connectivity index (χ4v) is 1.93. The number of benzene rings is 1. The van der Waals surface area contributed by atoms with E-state index in [2.05, 4.69) is 15.3 Å². The summed E-state index contributed by atoms with van der Waals surface area (Å²) in [7, 11) is 0. The van der Waals surface area contributed by atoms with E-state index in [4.69, 9.17) is 0 Å². The Balaban J connectivity index is 2.17. The number of hydrogen-bond acceptors (Lipinski definition) is 5. The number of carbonyl (C=O) groups excluding carboxylic acids is 1. The molecule has 0 aliphatic rings. The molecule has 0 saturated carbocycles. The van der Waals surface area contributed by atoms with E-state index >= 15 is 0 Å². The van der Waals surface area contributed by atoms with Crippen molar-refractivity contribution >= 4 is 11.6 Å². The van der Waals surface area contributed by atoms with Crippen molar-refractivity contribution in [1.82, 2.24) is 15.3 Å². The van der Waals surface area contributed by atoms with Gasteiger partial charge in [0.1, 0.15) is 5.69 Å². The third-order valence-electron chi connectivity index (χ3n) is 3.24. The number of nitro benzene ring substituents is 1. The minimum absolute atomic E-state index is 0.00952. The number of hydrogen-bond donors (Lipinski definition) is 1. The van der Waals surface area contributed by atoms with Crippen LogP contribution in [0, 0.1) is 17.0 Å². The average molecular weight is 300 g/mol. The lowest BCUT2D eigenvalue weighted by Crippen LogP contribution is -2.41. The summed E-state index contributed by atoms with van der Waals surface area (Å²) >= 11 is 0. The topological polar surface area (TPSA) is 98.0 Å². The highest BCUT2D eigenvalue weighted by Crippen LogP contribution is 2.23. The smallest absolute Gasteiger partial charge is 0.272 e. The lowest BCUT2D eigenvalue weighted by molar-refractivity contribution is -0.384. The van der Waals surface area contributed by atoms with Crippen LogP contribution >= 0.6 is 0 Å². The van der Waals surface area contributed by atoms with E-state index < -0.39 is 10.5 Å². The highest BCUT2D eigenvalue weighted by molar-refractivity contribution is 5.92. The van der Waals surface area contributed by atoms with Crippen molar-refractivity contribution in [3.05, 3.63) is 63.7 Å². The monoisotopic (exact) mass is 300 g/mol. The molecular formula is C15H16N4O3. The number of nitro groups is 1. The van der Waals surface area contributed by atoms with Gasteiger partial charge in [-0.1, -0.05) is 0 Å². The maximum Gasteiger partial charge on any atom is 0.272 e. The number of nitrogens with one attached hydrogen (secondary N) is 1. The van der Waals surface area contributed by atoms with Crippen molar-refractivity contribution in [1.29, 1.82) is 0 Å². The maximum atomic E-state index is 12.2. The second-order valence-corrected chi connectivity index (χ2v) is 5.43. The zero-order valence-electron chi connectivity index (χ0n) is 12.5. The van der Waals surface area contributed by atoms with E-state index in [1.807, 2.05) is 13.8 Å². The van der Waals surface area contributed by atoms with Crippen molar-refractivity contribution in [3.8, 4) is 0 Å². The molecule has 7 heteroatoms. The standard InChI is InChI=1S/C15H16N4O3/c1-10-8-17-13(9-16-10)14(20)18-15(2,3)11-4-6-12(7-5-11)19(21)22/h4-9H,1-3H3,(H,18,20). The predicted molar refractivity (Wildman–Crippen MR) is 80.4 cm³/mol. The SMILES string of the molecule is Cc1cnc(C(=O)NC(C)(C)c2ccc([N+](=O)[O-])cc2)cn1. The Morgan fingerprint density at radius 1 is 1.18 bits per heavy atom. The lowest BCUT2D eigenvalue weighted by atomic mass is 9.94. The van der Waals surface area contributed by atoms with Crippen LogP contribution in [-0.2, 0) is 5.54 Å². The molecule has 1 amide bonds. The van der Waals surface area contributed by atoms with Crippen LogP contribution in [0.2, 0.25) is 0 Å². The molecule has 0 bridgehead atoms. The van der Waals surface area contributed by atoms with Gasteiger partial charge in [0.25, 0.3) is 11.6 Å². The van der Waals surface area contributed by atoms with Gasteiger partial charge >= 0.3 is 0 Å². The Morgan fingerprint density at radius 3 is 2.32 bits per heavy atom. The average Bonchev–Trinajstić information content (AvgIpc) is 2.47. The molecule has 1 N–H and O–H groups in total. The van der Waals surface area contributed by atoms with Crippen LogP contribution in [0.4, 0.5) is 5.69 Å². The Morgan fingerprint density at radius 2 is 1.82 bits per heavy atom. The van der Waals surface area contributed by atoms with Gasteiger partial charge < -0.3 is 5.32 Å². The van der Waals surface area contributed by atoms with Crippen molar-refractivity contribution in [2.24, 2.45) is 0 Å². The molecule has 0 atom stereocenters. The number of amides is 1. The highest BCUT2D eigenvalue weighted by atomic mass is 16.6. The van der Waals surface area contributed by atoms with Crippen LogP contribution in [-0.4, -0.2) is 20.8 Å². The molecule has 1 aromatic carbocycles. The fraction of sp³-hybridized carbons (Fsp3) is 0.267. The lowest BCUT2D eigenvalue weighted by Gasteiger charge is -2.26. The molecule has 1 aromatic heterocycles. The first-order valence-corrected chi connectivity index (χ1v) is 6.66. The summed E-state index contributed by atoms with van der Waals surface area (Å²) in [5, 5.41) is 13.5. The van der Waals surface area contributed by atoms with Crippen LogP contribution in [0.15, 0.2) is 36.7 Å². The zero-order chi connectivity index (χ0) is 16.3. The highest BCUT2D eigenvalue weighted by Gasteiger charge is 2.24. The van der Waals surface area contributed by atoms with E-state index in [0.29, 0.717) is 0 Å². The summed E-state index contributed by atoms with van der Waals surface area (Å²) in [5.74, 6) is -0.351. The van der Waals surface area contributed by atoms with Crippen LogP contribution in [0.5, 0.6) is 0 Å². The summed E-state index contributed by atoms with van der Waals surface area (Å²) < 4.78 is 0. The Kier molecular flexibility index (Phi) is 4.16. The summed E-state index contributed by atoms with van der Waals surface area (Å²) in [6.07, 6.45) is 2.93. The largest absolute Gasteiger partial charge is 0.342 e. The second-order valence-electron chi connectivity index (χ2n) is 5.43. The summed E-state index contributed by atoms with van der Waals surface area (Å²) in [6, 6.07) is 6.07. The van der Waals surface area contributed by atoms with Gasteiger partial charge in [-0.05, 0) is 38.5 Å². The van der Waals surface area contributed by atoms with Crippen molar-refractivity contribution in [2.45, 2.75) is 26.3 Å². The third-order valence-corrected chi connectivity index (χ3v) is 3.24. The van der Waals surface area contributed by atoms with Gasteiger partial charge in [0, 0.05) is 18.3 Å². The second kappa shape index (κ2) is 5.88. The molecule has 2 aromatic rings. The Bertz CT molecular complexity index is 694. The molecule has 0 spiro atoms. The van der Waals surface area contributed by atoms with Gasteiger partial charge in [0.05, 0.1) is 22.4 Å². The molecule has 0 saturated heterocycles. The molecule has 2 rings (SSSR count). The molecule has 114 valence electrons. The summed E-state index contributed by atoms with van der Waals surface area (Å²) in [4.78, 5) is 30.5. The minimum atomic E-state index is -0.696. The number of nitrogens with zero attached hydrogens (tertiary/aromatic N) is 3. The number of aryl methyl sites for hydroxylation is 1. The minimum Gasteiger partial charge on any atom is -0.342 e.